The zero-order valence-corrected chi connectivity index (χ0v) is 17.9. The topological polar surface area (TPSA) is 73.8 Å². The predicted molar refractivity (Wildman–Crippen MR) is 112 cm³/mol. The summed E-state index contributed by atoms with van der Waals surface area (Å²) in [5.74, 6) is 0.787. The lowest BCUT2D eigenvalue weighted by Crippen LogP contribution is -2.48. The van der Waals surface area contributed by atoms with Gasteiger partial charge in [0, 0.05) is 25.7 Å². The summed E-state index contributed by atoms with van der Waals surface area (Å²) >= 11 is 1.78. The Hall–Kier alpha value is -1.28. The van der Waals surface area contributed by atoms with Gasteiger partial charge in [-0.1, -0.05) is 0 Å². The van der Waals surface area contributed by atoms with E-state index >= 15 is 0 Å². The van der Waals surface area contributed by atoms with Crippen LogP contribution in [0.5, 0.6) is 0 Å². The molecule has 8 heteroatoms. The van der Waals surface area contributed by atoms with E-state index in [-0.39, 0.29) is 12.3 Å². The van der Waals surface area contributed by atoms with Crippen LogP contribution in [0.15, 0.2) is 22.5 Å². The molecule has 0 atom stereocenters. The summed E-state index contributed by atoms with van der Waals surface area (Å²) in [7, 11) is -3.14. The molecule has 1 aliphatic rings. The van der Waals surface area contributed by atoms with Gasteiger partial charge in [-0.15, -0.1) is 11.3 Å². The van der Waals surface area contributed by atoms with Gasteiger partial charge in [0.2, 0.25) is 0 Å². The van der Waals surface area contributed by atoms with E-state index in [1.807, 2.05) is 6.92 Å². The van der Waals surface area contributed by atoms with Gasteiger partial charge in [-0.3, -0.25) is 4.99 Å². The van der Waals surface area contributed by atoms with Gasteiger partial charge in [-0.25, -0.2) is 8.42 Å². The van der Waals surface area contributed by atoms with Crippen LogP contribution in [0.3, 0.4) is 0 Å². The van der Waals surface area contributed by atoms with E-state index in [2.05, 4.69) is 38.0 Å². The highest BCUT2D eigenvalue weighted by Crippen LogP contribution is 2.24. The molecule has 0 amide bonds. The number of rotatable bonds is 6. The number of nitrogens with zero attached hydrogens (tertiary/aromatic N) is 2. The number of guanidine groups is 1. The molecule has 0 saturated carbocycles. The monoisotopic (exact) mass is 400 g/mol. The lowest BCUT2D eigenvalue weighted by atomic mass is 10.1. The number of hydrogen-bond donors (Lipinski definition) is 2. The number of sulfone groups is 1. The minimum absolute atomic E-state index is 0.0733. The van der Waals surface area contributed by atoms with E-state index in [1.54, 1.807) is 32.1 Å². The van der Waals surface area contributed by atoms with Crippen molar-refractivity contribution in [1.82, 2.24) is 10.6 Å². The van der Waals surface area contributed by atoms with Crippen LogP contribution in [0.1, 0.15) is 40.5 Å². The van der Waals surface area contributed by atoms with Crippen LogP contribution in [0.25, 0.3) is 0 Å². The van der Waals surface area contributed by atoms with E-state index in [9.17, 15) is 8.42 Å². The number of piperidine rings is 1. The second-order valence-corrected chi connectivity index (χ2v) is 11.3. The SMILES string of the molecule is CCNC(=NCCS(=O)(=O)C(C)(C)C)NC1CCN(c2cccs2)CC1. The van der Waals surface area contributed by atoms with Gasteiger partial charge < -0.3 is 15.5 Å². The summed E-state index contributed by atoms with van der Waals surface area (Å²) in [6.45, 7) is 10.3. The second kappa shape index (κ2) is 9.08. The largest absolute Gasteiger partial charge is 0.363 e. The molecule has 2 heterocycles. The predicted octanol–water partition coefficient (Wildman–Crippen LogP) is 2.49. The summed E-state index contributed by atoms with van der Waals surface area (Å²) in [4.78, 5) is 6.90. The number of aliphatic imine (C=N–C) groups is 1. The van der Waals surface area contributed by atoms with Crippen molar-refractivity contribution in [2.45, 2.75) is 51.3 Å². The van der Waals surface area contributed by atoms with Gasteiger partial charge in [0.15, 0.2) is 15.8 Å². The standard InChI is InChI=1S/C18H32N4O2S2/c1-5-19-17(20-10-14-26(23,24)18(2,3)4)21-15-8-11-22(12-9-15)16-7-6-13-25-16/h6-7,13,15H,5,8-12,14H2,1-4H3,(H2,19,20,21). The zero-order chi connectivity index (χ0) is 19.2. The summed E-state index contributed by atoms with van der Waals surface area (Å²) < 4.78 is 23.7. The third-order valence-corrected chi connectivity index (χ3v) is 8.08. The van der Waals surface area contributed by atoms with Crippen molar-refractivity contribution >= 4 is 32.1 Å². The molecule has 1 fully saturated rings. The summed E-state index contributed by atoms with van der Waals surface area (Å²) in [6.07, 6.45) is 2.09. The molecular formula is C18H32N4O2S2. The molecule has 2 N–H and O–H groups in total. The Morgan fingerprint density at radius 3 is 2.58 bits per heavy atom. The highest BCUT2D eigenvalue weighted by molar-refractivity contribution is 7.92. The molecule has 26 heavy (non-hydrogen) atoms. The number of thiophene rings is 1. The molecule has 6 nitrogen and oxygen atoms in total. The molecule has 0 radical (unpaired) electrons. The molecule has 0 bridgehead atoms. The van der Waals surface area contributed by atoms with E-state index in [0.29, 0.717) is 12.0 Å². The highest BCUT2D eigenvalue weighted by atomic mass is 32.2. The lowest BCUT2D eigenvalue weighted by molar-refractivity contribution is 0.463. The van der Waals surface area contributed by atoms with Crippen molar-refractivity contribution < 1.29 is 8.42 Å². The first kappa shape index (κ1) is 21.0. The van der Waals surface area contributed by atoms with Crippen LogP contribution in [-0.2, 0) is 9.84 Å². The minimum Gasteiger partial charge on any atom is -0.363 e. The molecule has 148 valence electrons. The molecule has 1 aliphatic heterocycles. The third kappa shape index (κ3) is 5.87. The van der Waals surface area contributed by atoms with Gasteiger partial charge >= 0.3 is 0 Å². The van der Waals surface area contributed by atoms with Gasteiger partial charge in [0.25, 0.3) is 0 Å². The van der Waals surface area contributed by atoms with E-state index in [4.69, 9.17) is 0 Å². The van der Waals surface area contributed by atoms with Crippen LogP contribution < -0.4 is 15.5 Å². The van der Waals surface area contributed by atoms with E-state index in [0.717, 1.165) is 32.5 Å². The molecule has 0 aliphatic carbocycles. The molecule has 1 aromatic rings. The van der Waals surface area contributed by atoms with Gasteiger partial charge in [-0.2, -0.15) is 0 Å². The van der Waals surface area contributed by atoms with Crippen LogP contribution in [0.4, 0.5) is 5.00 Å². The quantitative estimate of drug-likeness (QED) is 0.567. The Balaban J connectivity index is 1.86. The first-order valence-corrected chi connectivity index (χ1v) is 11.8. The summed E-state index contributed by atoms with van der Waals surface area (Å²) in [5, 5.41) is 10.1. The van der Waals surface area contributed by atoms with Gasteiger partial charge in [0.05, 0.1) is 22.0 Å². The fourth-order valence-corrected chi connectivity index (χ4v) is 4.52. The van der Waals surface area contributed by atoms with Gasteiger partial charge in [0.1, 0.15) is 0 Å². The third-order valence-electron chi connectivity index (χ3n) is 4.56. The van der Waals surface area contributed by atoms with Crippen molar-refractivity contribution in [3.05, 3.63) is 17.5 Å². The maximum atomic E-state index is 12.2. The van der Waals surface area contributed by atoms with Gasteiger partial charge in [-0.05, 0) is 58.0 Å². The fraction of sp³-hybridized carbons (Fsp3) is 0.722. The van der Waals surface area contributed by atoms with E-state index < -0.39 is 14.6 Å². The first-order chi connectivity index (χ1) is 12.2. The summed E-state index contributed by atoms with van der Waals surface area (Å²) in [5.41, 5.74) is 0. The molecule has 0 spiro atoms. The van der Waals surface area contributed by atoms with Crippen molar-refractivity contribution in [1.29, 1.82) is 0 Å². The zero-order valence-electron chi connectivity index (χ0n) is 16.3. The first-order valence-electron chi connectivity index (χ1n) is 9.28. The fourth-order valence-electron chi connectivity index (χ4n) is 2.79. The maximum Gasteiger partial charge on any atom is 0.191 e. The minimum atomic E-state index is -3.14. The molecule has 1 aromatic heterocycles. The number of nitrogens with one attached hydrogen (secondary N) is 2. The Morgan fingerprint density at radius 1 is 1.35 bits per heavy atom. The van der Waals surface area contributed by atoms with Crippen LogP contribution in [-0.4, -0.2) is 57.1 Å². The average Bonchev–Trinajstić information content (AvgIpc) is 3.09. The summed E-state index contributed by atoms with van der Waals surface area (Å²) in [6, 6.07) is 4.62. The smallest absolute Gasteiger partial charge is 0.191 e. The molecule has 0 unspecified atom stereocenters. The number of hydrogen-bond acceptors (Lipinski definition) is 5. The normalized spacial score (nSPS) is 17.4. The van der Waals surface area contributed by atoms with E-state index in [1.165, 1.54) is 5.00 Å². The Morgan fingerprint density at radius 2 is 2.04 bits per heavy atom. The van der Waals surface area contributed by atoms with Crippen molar-refractivity contribution in [2.24, 2.45) is 4.99 Å². The maximum absolute atomic E-state index is 12.2. The molecule has 2 rings (SSSR count). The highest BCUT2D eigenvalue weighted by Gasteiger charge is 2.28. The van der Waals surface area contributed by atoms with Crippen molar-refractivity contribution in [2.75, 3.05) is 36.8 Å². The molecule has 1 saturated heterocycles. The number of anilines is 1. The second-order valence-electron chi connectivity index (χ2n) is 7.55. The molecule has 0 aromatic carbocycles. The van der Waals surface area contributed by atoms with Crippen LogP contribution in [0, 0.1) is 0 Å². The Kier molecular flexibility index (Phi) is 7.34. The average molecular weight is 401 g/mol. The van der Waals surface area contributed by atoms with Crippen LogP contribution >= 0.6 is 11.3 Å². The Bertz CT molecular complexity index is 671. The Labute approximate surface area is 162 Å². The molecular weight excluding hydrogens is 368 g/mol. The lowest BCUT2D eigenvalue weighted by Gasteiger charge is -2.33. The van der Waals surface area contributed by atoms with Crippen molar-refractivity contribution in [3.63, 3.8) is 0 Å². The van der Waals surface area contributed by atoms with Crippen molar-refractivity contribution in [3.8, 4) is 0 Å². The van der Waals surface area contributed by atoms with Crippen LogP contribution in [0.2, 0.25) is 0 Å².